The first-order valence-electron chi connectivity index (χ1n) is 13.2. The summed E-state index contributed by atoms with van der Waals surface area (Å²) in [6, 6.07) is 9.57. The van der Waals surface area contributed by atoms with Crippen LogP contribution in [0.25, 0.3) is 0 Å². The lowest BCUT2D eigenvalue weighted by Gasteiger charge is -2.39. The molecule has 3 aliphatic heterocycles. The zero-order valence-corrected chi connectivity index (χ0v) is 21.9. The molecule has 9 nitrogen and oxygen atoms in total. The van der Waals surface area contributed by atoms with Crippen molar-refractivity contribution in [3.05, 3.63) is 59.8 Å². The summed E-state index contributed by atoms with van der Waals surface area (Å²) in [7, 11) is 0. The topological polar surface area (TPSA) is 98.0 Å². The van der Waals surface area contributed by atoms with Gasteiger partial charge in [-0.1, -0.05) is 36.9 Å². The van der Waals surface area contributed by atoms with Crippen molar-refractivity contribution < 1.29 is 23.6 Å². The summed E-state index contributed by atoms with van der Waals surface area (Å²) < 4.78 is 11.4. The highest BCUT2D eigenvalue weighted by atomic mass is 16.7. The van der Waals surface area contributed by atoms with Gasteiger partial charge in [0, 0.05) is 18.5 Å². The first-order valence-corrected chi connectivity index (χ1v) is 13.2. The lowest BCUT2D eigenvalue weighted by molar-refractivity contribution is -0.181. The number of urea groups is 1. The summed E-state index contributed by atoms with van der Waals surface area (Å²) in [6.07, 6.45) is 5.44. The molecule has 6 rings (SSSR count). The number of rotatable bonds is 9. The number of aryl methyl sites for hydroxylation is 1. The Balaban J connectivity index is 1.22. The lowest BCUT2D eigenvalue weighted by atomic mass is 9.89. The van der Waals surface area contributed by atoms with Gasteiger partial charge in [-0.2, -0.15) is 5.06 Å². The van der Waals surface area contributed by atoms with E-state index in [1.165, 1.54) is 0 Å². The van der Waals surface area contributed by atoms with Gasteiger partial charge in [-0.05, 0) is 70.3 Å². The van der Waals surface area contributed by atoms with Crippen LogP contribution >= 0.6 is 0 Å². The van der Waals surface area contributed by atoms with Gasteiger partial charge in [0.2, 0.25) is 11.8 Å². The number of esters is 1. The number of carbonyl (C=O) groups excluding carboxylic acids is 2. The minimum absolute atomic E-state index is 0.0298. The maximum absolute atomic E-state index is 13.5. The number of benzene rings is 1. The Morgan fingerprint density at radius 3 is 2.68 bits per heavy atom. The fourth-order valence-electron chi connectivity index (χ4n) is 5.40. The summed E-state index contributed by atoms with van der Waals surface area (Å²) in [6.45, 7) is 10.4. The Labute approximate surface area is 217 Å². The molecule has 2 bridgehead atoms. The van der Waals surface area contributed by atoms with E-state index in [2.05, 4.69) is 16.8 Å². The van der Waals surface area contributed by atoms with E-state index >= 15 is 0 Å². The third-order valence-electron chi connectivity index (χ3n) is 7.47. The average Bonchev–Trinajstić information content (AvgIpc) is 3.55. The maximum Gasteiger partial charge on any atom is 0.344 e. The molecule has 1 aromatic heterocycles. The molecular formula is C28H36N4O5. The molecule has 198 valence electrons. The molecule has 1 aliphatic carbocycles. The smallest absolute Gasteiger partial charge is 0.344 e. The van der Waals surface area contributed by atoms with E-state index in [4.69, 9.17) is 14.0 Å². The van der Waals surface area contributed by atoms with E-state index in [9.17, 15) is 9.59 Å². The van der Waals surface area contributed by atoms with E-state index < -0.39 is 5.60 Å². The fraction of sp³-hybridized carbons (Fsp3) is 0.571. The first kappa shape index (κ1) is 25.4. The average molecular weight is 509 g/mol. The van der Waals surface area contributed by atoms with E-state index in [-0.39, 0.29) is 29.5 Å². The van der Waals surface area contributed by atoms with Gasteiger partial charge < -0.3 is 14.1 Å². The summed E-state index contributed by atoms with van der Waals surface area (Å²) in [4.78, 5) is 33.6. The normalized spacial score (nSPS) is 22.3. The number of aromatic nitrogens is 2. The van der Waals surface area contributed by atoms with Crippen molar-refractivity contribution in [1.29, 1.82) is 0 Å². The Morgan fingerprint density at radius 1 is 1.22 bits per heavy atom. The number of nitrogens with zero attached hydrogens (tertiary/aromatic N) is 4. The van der Waals surface area contributed by atoms with Crippen LogP contribution in [-0.2, 0) is 27.4 Å². The van der Waals surface area contributed by atoms with Gasteiger partial charge in [-0.3, -0.25) is 4.84 Å². The third-order valence-corrected chi connectivity index (χ3v) is 7.47. The van der Waals surface area contributed by atoms with Crippen LogP contribution in [0.4, 0.5) is 4.79 Å². The third kappa shape index (κ3) is 5.56. The van der Waals surface area contributed by atoms with Crippen LogP contribution in [0, 0.1) is 5.41 Å². The lowest BCUT2D eigenvalue weighted by Crippen LogP contribution is -2.54. The van der Waals surface area contributed by atoms with Crippen LogP contribution in [0.3, 0.4) is 0 Å². The fourth-order valence-corrected chi connectivity index (χ4v) is 5.40. The van der Waals surface area contributed by atoms with Crippen LogP contribution in [0.1, 0.15) is 82.7 Å². The Morgan fingerprint density at radius 2 is 1.97 bits per heavy atom. The molecule has 2 aromatic rings. The summed E-state index contributed by atoms with van der Waals surface area (Å²) >= 11 is 0. The second-order valence-electron chi connectivity index (χ2n) is 11.4. The van der Waals surface area contributed by atoms with Crippen molar-refractivity contribution in [1.82, 2.24) is 20.2 Å². The molecule has 4 aliphatic rings. The largest absolute Gasteiger partial charge is 0.457 e. The predicted molar refractivity (Wildman–Crippen MR) is 135 cm³/mol. The number of amides is 2. The SMILES string of the molecule is C=C(CCCc1nnc([C@@H]2CC3(CC3)[C@@H]3CCN2C(=O)N3OCc2ccccc2)o1)C(=O)OC(C)(C)C. The molecule has 37 heavy (non-hydrogen) atoms. The number of ether oxygens (including phenoxy) is 1. The molecule has 0 N–H and O–H groups in total. The van der Waals surface area contributed by atoms with Crippen molar-refractivity contribution in [2.45, 2.75) is 90.0 Å². The standard InChI is InChI=1S/C28H36N4O5/c1-19(25(33)37-27(2,3)4)9-8-12-23-29-30-24(36-23)21-17-28(14-15-28)22-13-16-31(21)26(34)32(22)35-18-20-10-6-5-7-11-20/h5-7,10-11,21-22H,1,8-9,12-18H2,2-4H3/t21-,22-/m0/s1. The zero-order valence-electron chi connectivity index (χ0n) is 21.9. The van der Waals surface area contributed by atoms with Gasteiger partial charge in [0.1, 0.15) is 18.2 Å². The highest BCUT2D eigenvalue weighted by Gasteiger charge is 2.61. The van der Waals surface area contributed by atoms with E-state index in [0.29, 0.717) is 49.8 Å². The zero-order chi connectivity index (χ0) is 26.2. The summed E-state index contributed by atoms with van der Waals surface area (Å²) in [5.41, 5.74) is 0.941. The van der Waals surface area contributed by atoms with E-state index in [0.717, 1.165) is 31.2 Å². The van der Waals surface area contributed by atoms with E-state index in [1.54, 1.807) is 5.06 Å². The van der Waals surface area contributed by atoms with Crippen LogP contribution in [0.2, 0.25) is 0 Å². The summed E-state index contributed by atoms with van der Waals surface area (Å²) in [5, 5.41) is 10.2. The second kappa shape index (κ2) is 9.93. The first-order chi connectivity index (χ1) is 17.7. The van der Waals surface area contributed by atoms with Crippen LogP contribution in [-0.4, -0.2) is 50.3 Å². The molecule has 1 saturated carbocycles. The van der Waals surface area contributed by atoms with Crippen LogP contribution < -0.4 is 0 Å². The number of fused-ring (bicyclic) bond motifs is 3. The molecule has 3 saturated heterocycles. The quantitative estimate of drug-likeness (QED) is 0.341. The van der Waals surface area contributed by atoms with Gasteiger partial charge in [0.25, 0.3) is 0 Å². The van der Waals surface area contributed by atoms with Crippen molar-refractivity contribution in [2.24, 2.45) is 5.41 Å². The van der Waals surface area contributed by atoms with E-state index in [1.807, 2.05) is 56.0 Å². The second-order valence-corrected chi connectivity index (χ2v) is 11.4. The molecule has 4 fully saturated rings. The van der Waals surface area contributed by atoms with Crippen molar-refractivity contribution in [3.8, 4) is 0 Å². The Hall–Kier alpha value is -3.20. The number of hydroxylamine groups is 2. The molecule has 9 heteroatoms. The molecule has 0 radical (unpaired) electrons. The van der Waals surface area contributed by atoms with Gasteiger partial charge >= 0.3 is 12.0 Å². The minimum Gasteiger partial charge on any atom is -0.457 e. The van der Waals surface area contributed by atoms with Gasteiger partial charge in [0.15, 0.2) is 0 Å². The highest BCUT2D eigenvalue weighted by molar-refractivity contribution is 5.87. The molecular weight excluding hydrogens is 472 g/mol. The predicted octanol–water partition coefficient (Wildman–Crippen LogP) is 5.14. The Kier molecular flexibility index (Phi) is 6.83. The van der Waals surface area contributed by atoms with Crippen molar-refractivity contribution in [3.63, 3.8) is 0 Å². The number of hydrogen-bond donors (Lipinski definition) is 0. The van der Waals surface area contributed by atoms with Gasteiger partial charge in [-0.15, -0.1) is 10.2 Å². The molecule has 0 unspecified atom stereocenters. The van der Waals surface area contributed by atoms with Crippen LogP contribution in [0.5, 0.6) is 0 Å². The molecule has 1 spiro atoms. The van der Waals surface area contributed by atoms with Crippen molar-refractivity contribution in [2.75, 3.05) is 6.54 Å². The minimum atomic E-state index is -0.548. The molecule has 1 aromatic carbocycles. The van der Waals surface area contributed by atoms with Gasteiger partial charge in [-0.25, -0.2) is 9.59 Å². The Bertz CT molecular complexity index is 1150. The molecule has 2 atom stereocenters. The monoisotopic (exact) mass is 508 g/mol. The molecule has 2 amide bonds. The van der Waals surface area contributed by atoms with Crippen molar-refractivity contribution >= 4 is 12.0 Å². The maximum atomic E-state index is 13.5. The number of hydrogen-bond acceptors (Lipinski definition) is 7. The van der Waals surface area contributed by atoms with Crippen LogP contribution in [0.15, 0.2) is 46.9 Å². The molecule has 4 heterocycles. The van der Waals surface area contributed by atoms with Gasteiger partial charge in [0.05, 0.1) is 6.04 Å². The number of carbonyl (C=O) groups is 2. The highest BCUT2D eigenvalue weighted by Crippen LogP contribution is 2.61. The summed E-state index contributed by atoms with van der Waals surface area (Å²) in [5.74, 6) is 0.598.